The Morgan fingerprint density at radius 3 is 2.60 bits per heavy atom. The molecule has 0 amide bonds. The Kier molecular flexibility index (Phi) is 4.44. The molecule has 0 aliphatic heterocycles. The highest BCUT2D eigenvalue weighted by Gasteiger charge is 2.10. The third-order valence-corrected chi connectivity index (χ3v) is 3.87. The van der Waals surface area contributed by atoms with Crippen LogP contribution in [0.2, 0.25) is 0 Å². The lowest BCUT2D eigenvalue weighted by molar-refractivity contribution is -0.384. The SMILES string of the molecule is Cc1ccc(-n2cccc2C=C(C#N)c2cccc([N+](=O)[O-])c2)cc1. The maximum absolute atomic E-state index is 10.9. The average Bonchev–Trinajstić information content (AvgIpc) is 3.08. The van der Waals surface area contributed by atoms with Gasteiger partial charge in [-0.05, 0) is 42.8 Å². The molecule has 122 valence electrons. The van der Waals surface area contributed by atoms with Crippen LogP contribution in [0.3, 0.4) is 0 Å². The summed E-state index contributed by atoms with van der Waals surface area (Å²) in [5, 5.41) is 20.5. The van der Waals surface area contributed by atoms with Crippen LogP contribution in [0, 0.1) is 28.4 Å². The van der Waals surface area contributed by atoms with Crippen molar-refractivity contribution in [2.75, 3.05) is 0 Å². The number of aryl methyl sites for hydroxylation is 1. The summed E-state index contributed by atoms with van der Waals surface area (Å²) in [5.74, 6) is 0. The van der Waals surface area contributed by atoms with Gasteiger partial charge in [-0.2, -0.15) is 5.26 Å². The third-order valence-electron chi connectivity index (χ3n) is 3.87. The van der Waals surface area contributed by atoms with Crippen LogP contribution < -0.4 is 0 Å². The molecule has 0 aliphatic rings. The summed E-state index contributed by atoms with van der Waals surface area (Å²) in [7, 11) is 0. The van der Waals surface area contributed by atoms with E-state index < -0.39 is 4.92 Å². The number of allylic oxidation sites excluding steroid dienone is 1. The van der Waals surface area contributed by atoms with Crippen molar-refractivity contribution in [1.29, 1.82) is 5.26 Å². The molecule has 0 fully saturated rings. The highest BCUT2D eigenvalue weighted by atomic mass is 16.6. The topological polar surface area (TPSA) is 71.9 Å². The maximum atomic E-state index is 10.9. The molecular formula is C20H15N3O2. The maximum Gasteiger partial charge on any atom is 0.270 e. The molecule has 2 aromatic carbocycles. The lowest BCUT2D eigenvalue weighted by Crippen LogP contribution is -1.95. The van der Waals surface area contributed by atoms with Gasteiger partial charge >= 0.3 is 0 Å². The van der Waals surface area contributed by atoms with E-state index in [1.165, 1.54) is 17.7 Å². The van der Waals surface area contributed by atoms with Crippen LogP contribution in [0.15, 0.2) is 66.9 Å². The number of rotatable bonds is 4. The van der Waals surface area contributed by atoms with Crippen LogP contribution in [0.25, 0.3) is 17.3 Å². The van der Waals surface area contributed by atoms with E-state index in [1.54, 1.807) is 18.2 Å². The van der Waals surface area contributed by atoms with Crippen molar-refractivity contribution in [1.82, 2.24) is 4.57 Å². The van der Waals surface area contributed by atoms with E-state index in [2.05, 4.69) is 6.07 Å². The second kappa shape index (κ2) is 6.85. The highest BCUT2D eigenvalue weighted by molar-refractivity contribution is 5.89. The van der Waals surface area contributed by atoms with Gasteiger partial charge in [0.2, 0.25) is 0 Å². The number of nitrogens with zero attached hydrogens (tertiary/aromatic N) is 3. The molecule has 0 N–H and O–H groups in total. The molecular weight excluding hydrogens is 314 g/mol. The summed E-state index contributed by atoms with van der Waals surface area (Å²) in [5.41, 5.74) is 3.84. The molecule has 0 aliphatic carbocycles. The third kappa shape index (κ3) is 3.48. The highest BCUT2D eigenvalue weighted by Crippen LogP contribution is 2.23. The fourth-order valence-corrected chi connectivity index (χ4v) is 2.57. The number of benzene rings is 2. The normalized spacial score (nSPS) is 11.1. The second-order valence-corrected chi connectivity index (χ2v) is 5.62. The predicted molar refractivity (Wildman–Crippen MR) is 97.1 cm³/mol. The average molecular weight is 329 g/mol. The van der Waals surface area contributed by atoms with Gasteiger partial charge in [0.15, 0.2) is 0 Å². The lowest BCUT2D eigenvalue weighted by Gasteiger charge is -2.08. The molecule has 0 spiro atoms. The summed E-state index contributed by atoms with van der Waals surface area (Å²) >= 11 is 0. The van der Waals surface area contributed by atoms with E-state index in [9.17, 15) is 15.4 Å². The van der Waals surface area contributed by atoms with E-state index >= 15 is 0 Å². The molecule has 1 heterocycles. The molecule has 3 rings (SSSR count). The van der Waals surface area contributed by atoms with Crippen molar-refractivity contribution in [2.45, 2.75) is 6.92 Å². The zero-order valence-corrected chi connectivity index (χ0v) is 13.6. The lowest BCUT2D eigenvalue weighted by atomic mass is 10.1. The largest absolute Gasteiger partial charge is 0.317 e. The summed E-state index contributed by atoms with van der Waals surface area (Å²) in [4.78, 5) is 10.5. The van der Waals surface area contributed by atoms with E-state index in [-0.39, 0.29) is 5.69 Å². The first-order valence-corrected chi connectivity index (χ1v) is 7.69. The molecule has 0 atom stereocenters. The minimum absolute atomic E-state index is 0.0347. The molecule has 3 aromatic rings. The van der Waals surface area contributed by atoms with Crippen molar-refractivity contribution in [3.05, 3.63) is 93.8 Å². The minimum atomic E-state index is -0.465. The van der Waals surface area contributed by atoms with Crippen LogP contribution in [0.5, 0.6) is 0 Å². The molecule has 0 bridgehead atoms. The van der Waals surface area contributed by atoms with Gasteiger partial charge in [-0.3, -0.25) is 10.1 Å². The monoisotopic (exact) mass is 329 g/mol. The first-order chi connectivity index (χ1) is 12.1. The summed E-state index contributed by atoms with van der Waals surface area (Å²) in [6.07, 6.45) is 3.65. The van der Waals surface area contributed by atoms with Crippen molar-refractivity contribution in [3.8, 4) is 11.8 Å². The van der Waals surface area contributed by atoms with Gasteiger partial charge in [0.1, 0.15) is 0 Å². The first kappa shape index (κ1) is 16.2. The van der Waals surface area contributed by atoms with Crippen molar-refractivity contribution >= 4 is 17.3 Å². The summed E-state index contributed by atoms with van der Waals surface area (Å²) in [6, 6.07) is 20.1. The number of hydrogen-bond acceptors (Lipinski definition) is 3. The second-order valence-electron chi connectivity index (χ2n) is 5.62. The minimum Gasteiger partial charge on any atom is -0.317 e. The van der Waals surface area contributed by atoms with Gasteiger partial charge in [-0.15, -0.1) is 0 Å². The molecule has 1 aromatic heterocycles. The number of nitro benzene ring substituents is 1. The number of non-ortho nitro benzene ring substituents is 1. The number of nitro groups is 1. The molecule has 5 heteroatoms. The molecule has 0 saturated carbocycles. The number of hydrogen-bond donors (Lipinski definition) is 0. The van der Waals surface area contributed by atoms with E-state index in [0.717, 1.165) is 11.4 Å². The van der Waals surface area contributed by atoms with Crippen LogP contribution >= 0.6 is 0 Å². The Morgan fingerprint density at radius 1 is 1.16 bits per heavy atom. The van der Waals surface area contributed by atoms with Gasteiger partial charge < -0.3 is 4.57 Å². The summed E-state index contributed by atoms with van der Waals surface area (Å²) < 4.78 is 1.97. The fraction of sp³-hybridized carbons (Fsp3) is 0.0500. The Hall–Kier alpha value is -3.65. The molecule has 25 heavy (non-hydrogen) atoms. The zero-order chi connectivity index (χ0) is 17.8. The van der Waals surface area contributed by atoms with Gasteiger partial charge in [-0.25, -0.2) is 0 Å². The Morgan fingerprint density at radius 2 is 1.92 bits per heavy atom. The van der Waals surface area contributed by atoms with E-state index in [0.29, 0.717) is 11.1 Å². The van der Waals surface area contributed by atoms with Gasteiger partial charge in [-0.1, -0.05) is 29.8 Å². The zero-order valence-electron chi connectivity index (χ0n) is 13.6. The Balaban J connectivity index is 2.04. The van der Waals surface area contributed by atoms with Crippen LogP contribution in [-0.4, -0.2) is 9.49 Å². The van der Waals surface area contributed by atoms with Crippen LogP contribution in [-0.2, 0) is 0 Å². The van der Waals surface area contributed by atoms with Gasteiger partial charge in [0, 0.05) is 29.7 Å². The molecule has 5 nitrogen and oxygen atoms in total. The molecule has 0 radical (unpaired) electrons. The van der Waals surface area contributed by atoms with Gasteiger partial charge in [0.05, 0.1) is 16.6 Å². The molecule has 0 unspecified atom stereocenters. The Labute approximate surface area is 145 Å². The standard InChI is InChI=1S/C20H15N3O2/c1-15-7-9-18(10-8-15)22-11-3-6-19(22)13-17(14-21)16-4-2-5-20(12-16)23(24)25/h2-13H,1H3. The van der Waals surface area contributed by atoms with Crippen LogP contribution in [0.1, 0.15) is 16.8 Å². The van der Waals surface area contributed by atoms with Crippen molar-refractivity contribution < 1.29 is 4.92 Å². The fourth-order valence-electron chi connectivity index (χ4n) is 2.57. The molecule has 0 saturated heterocycles. The smallest absolute Gasteiger partial charge is 0.270 e. The van der Waals surface area contributed by atoms with Crippen molar-refractivity contribution in [2.24, 2.45) is 0 Å². The van der Waals surface area contributed by atoms with Crippen LogP contribution in [0.4, 0.5) is 5.69 Å². The Bertz CT molecular complexity index is 992. The van der Waals surface area contributed by atoms with Crippen molar-refractivity contribution in [3.63, 3.8) is 0 Å². The van der Waals surface area contributed by atoms with E-state index in [4.69, 9.17) is 0 Å². The van der Waals surface area contributed by atoms with E-state index in [1.807, 2.05) is 54.1 Å². The summed E-state index contributed by atoms with van der Waals surface area (Å²) in [6.45, 7) is 2.02. The first-order valence-electron chi connectivity index (χ1n) is 7.69. The predicted octanol–water partition coefficient (Wildman–Crippen LogP) is 4.76. The van der Waals surface area contributed by atoms with Gasteiger partial charge in [0.25, 0.3) is 5.69 Å². The quantitative estimate of drug-likeness (QED) is 0.393. The number of nitriles is 1. The number of aromatic nitrogens is 1.